The molecule has 0 bridgehead atoms. The Kier molecular flexibility index (Phi) is 7.39. The molecule has 1 aliphatic rings. The molecule has 1 fully saturated rings. The lowest BCUT2D eigenvalue weighted by atomic mass is 10.0. The zero-order valence-corrected chi connectivity index (χ0v) is 12.9. The molecule has 0 amide bonds. The summed E-state index contributed by atoms with van der Waals surface area (Å²) < 4.78 is 4.89. The van der Waals surface area contributed by atoms with Crippen LogP contribution in [-0.2, 0) is 9.53 Å². The van der Waals surface area contributed by atoms with Gasteiger partial charge in [0.25, 0.3) is 0 Å². The van der Waals surface area contributed by atoms with Gasteiger partial charge in [-0.1, -0.05) is 20.8 Å². The van der Waals surface area contributed by atoms with E-state index in [-0.39, 0.29) is 17.9 Å². The lowest BCUT2D eigenvalue weighted by molar-refractivity contribution is -0.144. The third-order valence-electron chi connectivity index (χ3n) is 3.90. The normalized spacial score (nSPS) is 23.1. The van der Waals surface area contributed by atoms with Crippen LogP contribution in [0.25, 0.3) is 0 Å². The quantitative estimate of drug-likeness (QED) is 0.750. The topological polar surface area (TPSA) is 41.6 Å². The van der Waals surface area contributed by atoms with Crippen molar-refractivity contribution in [2.75, 3.05) is 26.7 Å². The highest BCUT2D eigenvalue weighted by atomic mass is 16.5. The summed E-state index contributed by atoms with van der Waals surface area (Å²) in [5.41, 5.74) is 0. The van der Waals surface area contributed by atoms with E-state index in [1.807, 2.05) is 0 Å². The van der Waals surface area contributed by atoms with Crippen molar-refractivity contribution >= 4 is 5.97 Å². The number of methoxy groups -OCH3 is 1. The van der Waals surface area contributed by atoms with Crippen LogP contribution in [0.2, 0.25) is 0 Å². The molecule has 112 valence electrons. The Hall–Kier alpha value is -0.610. The van der Waals surface area contributed by atoms with Crippen LogP contribution in [0.3, 0.4) is 0 Å². The summed E-state index contributed by atoms with van der Waals surface area (Å²) in [4.78, 5) is 14.3. The minimum Gasteiger partial charge on any atom is -0.468 e. The first-order chi connectivity index (χ1) is 9.08. The minimum atomic E-state index is -0.173. The number of likely N-dealkylation sites (tertiary alicyclic amines) is 1. The SMILES string of the molecule is CCCN1CCCC(NC(C(=O)OC)C(C)C)CC1. The number of rotatable bonds is 6. The standard InChI is InChI=1S/C15H30N2O2/c1-5-9-17-10-6-7-13(8-11-17)16-14(12(2)3)15(18)19-4/h12-14,16H,5-11H2,1-4H3. The molecule has 0 radical (unpaired) electrons. The van der Waals surface area contributed by atoms with Gasteiger partial charge in [-0.2, -0.15) is 0 Å². The predicted octanol–water partition coefficient (Wildman–Crippen LogP) is 2.04. The third kappa shape index (κ3) is 5.49. The third-order valence-corrected chi connectivity index (χ3v) is 3.90. The molecule has 4 nitrogen and oxygen atoms in total. The molecule has 1 heterocycles. The fourth-order valence-corrected chi connectivity index (χ4v) is 2.78. The summed E-state index contributed by atoms with van der Waals surface area (Å²) in [6.45, 7) is 9.88. The van der Waals surface area contributed by atoms with Crippen molar-refractivity contribution in [1.82, 2.24) is 10.2 Å². The highest BCUT2D eigenvalue weighted by molar-refractivity contribution is 5.75. The maximum absolute atomic E-state index is 11.8. The summed E-state index contributed by atoms with van der Waals surface area (Å²) in [5, 5.41) is 3.51. The van der Waals surface area contributed by atoms with Gasteiger partial charge in [0.05, 0.1) is 7.11 Å². The lowest BCUT2D eigenvalue weighted by Gasteiger charge is -2.26. The summed E-state index contributed by atoms with van der Waals surface area (Å²) >= 11 is 0. The molecule has 0 aliphatic carbocycles. The minimum absolute atomic E-state index is 0.135. The predicted molar refractivity (Wildman–Crippen MR) is 78.1 cm³/mol. The molecule has 0 aromatic heterocycles. The molecular formula is C15H30N2O2. The van der Waals surface area contributed by atoms with E-state index in [9.17, 15) is 4.79 Å². The Balaban J connectivity index is 2.48. The van der Waals surface area contributed by atoms with E-state index in [0.717, 1.165) is 19.4 Å². The summed E-state index contributed by atoms with van der Waals surface area (Å²) in [7, 11) is 1.47. The van der Waals surface area contributed by atoms with Crippen LogP contribution >= 0.6 is 0 Å². The second kappa shape index (κ2) is 8.54. The van der Waals surface area contributed by atoms with Gasteiger partial charge in [0, 0.05) is 6.04 Å². The van der Waals surface area contributed by atoms with Gasteiger partial charge in [0.1, 0.15) is 6.04 Å². The van der Waals surface area contributed by atoms with Crippen LogP contribution in [-0.4, -0.2) is 49.7 Å². The van der Waals surface area contributed by atoms with E-state index < -0.39 is 0 Å². The van der Waals surface area contributed by atoms with Crippen LogP contribution in [0.5, 0.6) is 0 Å². The Labute approximate surface area is 117 Å². The fraction of sp³-hybridized carbons (Fsp3) is 0.933. The summed E-state index contributed by atoms with van der Waals surface area (Å²) in [6, 6.07) is 0.265. The first-order valence-corrected chi connectivity index (χ1v) is 7.64. The summed E-state index contributed by atoms with van der Waals surface area (Å²) in [5.74, 6) is 0.132. The van der Waals surface area contributed by atoms with Gasteiger partial charge in [-0.3, -0.25) is 4.79 Å². The average Bonchev–Trinajstić information content (AvgIpc) is 2.61. The Morgan fingerprint density at radius 2 is 2.11 bits per heavy atom. The molecule has 0 spiro atoms. The number of hydrogen-bond donors (Lipinski definition) is 1. The maximum atomic E-state index is 11.8. The first-order valence-electron chi connectivity index (χ1n) is 7.64. The Bertz CT molecular complexity index is 269. The van der Waals surface area contributed by atoms with E-state index in [1.54, 1.807) is 0 Å². The van der Waals surface area contributed by atoms with E-state index in [1.165, 1.54) is 33.0 Å². The molecule has 0 aromatic rings. The highest BCUT2D eigenvalue weighted by Gasteiger charge is 2.26. The van der Waals surface area contributed by atoms with Crippen molar-refractivity contribution in [1.29, 1.82) is 0 Å². The molecule has 1 saturated heterocycles. The number of nitrogens with one attached hydrogen (secondary N) is 1. The second-order valence-corrected chi connectivity index (χ2v) is 5.88. The van der Waals surface area contributed by atoms with Crippen molar-refractivity contribution in [3.8, 4) is 0 Å². The number of carbonyl (C=O) groups excluding carboxylic acids is 1. The van der Waals surface area contributed by atoms with Gasteiger partial charge in [-0.25, -0.2) is 0 Å². The maximum Gasteiger partial charge on any atom is 0.323 e. The highest BCUT2D eigenvalue weighted by Crippen LogP contribution is 2.14. The van der Waals surface area contributed by atoms with Crippen LogP contribution in [0.4, 0.5) is 0 Å². The molecule has 1 N–H and O–H groups in total. The largest absolute Gasteiger partial charge is 0.468 e. The monoisotopic (exact) mass is 270 g/mol. The van der Waals surface area contributed by atoms with E-state index in [4.69, 9.17) is 4.74 Å². The van der Waals surface area contributed by atoms with Gasteiger partial charge >= 0.3 is 5.97 Å². The number of hydrogen-bond acceptors (Lipinski definition) is 4. The molecule has 1 aliphatic heterocycles. The number of esters is 1. The first kappa shape index (κ1) is 16.4. The van der Waals surface area contributed by atoms with Gasteiger partial charge in [0.15, 0.2) is 0 Å². The van der Waals surface area contributed by atoms with Gasteiger partial charge in [-0.05, 0) is 51.2 Å². The Morgan fingerprint density at radius 3 is 2.68 bits per heavy atom. The molecule has 0 aromatic carbocycles. The zero-order chi connectivity index (χ0) is 14.3. The molecular weight excluding hydrogens is 240 g/mol. The second-order valence-electron chi connectivity index (χ2n) is 5.88. The smallest absolute Gasteiger partial charge is 0.323 e. The number of ether oxygens (including phenoxy) is 1. The Morgan fingerprint density at radius 1 is 1.37 bits per heavy atom. The van der Waals surface area contributed by atoms with Crippen LogP contribution in [0.15, 0.2) is 0 Å². The molecule has 0 saturated carbocycles. The molecule has 2 atom stereocenters. The lowest BCUT2D eigenvalue weighted by Crippen LogP contribution is -2.47. The molecule has 4 heteroatoms. The molecule has 1 rings (SSSR count). The molecule has 19 heavy (non-hydrogen) atoms. The van der Waals surface area contributed by atoms with Crippen molar-refractivity contribution in [2.45, 2.75) is 58.5 Å². The van der Waals surface area contributed by atoms with Crippen molar-refractivity contribution in [2.24, 2.45) is 5.92 Å². The van der Waals surface area contributed by atoms with Crippen molar-refractivity contribution in [3.05, 3.63) is 0 Å². The number of carbonyl (C=O) groups is 1. The fourth-order valence-electron chi connectivity index (χ4n) is 2.78. The van der Waals surface area contributed by atoms with Crippen molar-refractivity contribution < 1.29 is 9.53 Å². The van der Waals surface area contributed by atoms with Crippen LogP contribution < -0.4 is 5.32 Å². The summed E-state index contributed by atoms with van der Waals surface area (Å²) in [6.07, 6.45) is 4.71. The van der Waals surface area contributed by atoms with Crippen molar-refractivity contribution in [3.63, 3.8) is 0 Å². The van der Waals surface area contributed by atoms with Crippen LogP contribution in [0.1, 0.15) is 46.5 Å². The van der Waals surface area contributed by atoms with E-state index >= 15 is 0 Å². The van der Waals surface area contributed by atoms with E-state index in [0.29, 0.717) is 6.04 Å². The van der Waals surface area contributed by atoms with Gasteiger partial charge in [0.2, 0.25) is 0 Å². The molecule has 2 unspecified atom stereocenters. The van der Waals surface area contributed by atoms with Crippen LogP contribution in [0, 0.1) is 5.92 Å². The number of nitrogens with zero attached hydrogens (tertiary/aromatic N) is 1. The zero-order valence-electron chi connectivity index (χ0n) is 12.9. The average molecular weight is 270 g/mol. The van der Waals surface area contributed by atoms with Gasteiger partial charge < -0.3 is 15.0 Å². The van der Waals surface area contributed by atoms with Gasteiger partial charge in [-0.15, -0.1) is 0 Å². The van der Waals surface area contributed by atoms with E-state index in [2.05, 4.69) is 31.0 Å².